The summed E-state index contributed by atoms with van der Waals surface area (Å²) < 4.78 is 0. The highest BCUT2D eigenvalue weighted by atomic mass is 16.4. The predicted octanol–water partition coefficient (Wildman–Crippen LogP) is 5.74. The molecule has 0 radical (unpaired) electrons. The van der Waals surface area contributed by atoms with Crippen LogP contribution >= 0.6 is 0 Å². The van der Waals surface area contributed by atoms with Crippen LogP contribution in [-0.4, -0.2) is 16.9 Å². The number of carboxylic acid groups (broad SMARTS) is 1. The fourth-order valence-corrected chi connectivity index (χ4v) is 5.23. The summed E-state index contributed by atoms with van der Waals surface area (Å²) in [6.07, 6.45) is 10.5. The minimum atomic E-state index is -0.969. The number of anilines is 1. The second-order valence-corrected chi connectivity index (χ2v) is 10.4. The molecular formula is C27H35NO3. The predicted molar refractivity (Wildman–Crippen MR) is 127 cm³/mol. The van der Waals surface area contributed by atoms with E-state index in [0.717, 1.165) is 48.1 Å². The summed E-state index contributed by atoms with van der Waals surface area (Å²) in [5.41, 5.74) is 14.2. The van der Waals surface area contributed by atoms with Gasteiger partial charge in [0, 0.05) is 17.7 Å². The van der Waals surface area contributed by atoms with Crippen LogP contribution in [0, 0.1) is 5.92 Å². The summed E-state index contributed by atoms with van der Waals surface area (Å²) >= 11 is 0. The molecule has 3 rings (SSSR count). The van der Waals surface area contributed by atoms with Gasteiger partial charge in [0.05, 0.1) is 0 Å². The largest absolute Gasteiger partial charge is 0.478 e. The van der Waals surface area contributed by atoms with Gasteiger partial charge in [-0.25, -0.2) is 4.79 Å². The molecule has 0 spiro atoms. The van der Waals surface area contributed by atoms with Gasteiger partial charge in [-0.2, -0.15) is 0 Å². The van der Waals surface area contributed by atoms with Crippen LogP contribution in [0.1, 0.15) is 83.1 Å². The molecule has 0 aliphatic heterocycles. The zero-order valence-electron chi connectivity index (χ0n) is 19.6. The Kier molecular flexibility index (Phi) is 6.05. The molecule has 1 unspecified atom stereocenters. The summed E-state index contributed by atoms with van der Waals surface area (Å²) in [4.78, 5) is 23.4. The zero-order valence-corrected chi connectivity index (χ0v) is 19.6. The van der Waals surface area contributed by atoms with E-state index in [0.29, 0.717) is 5.57 Å². The van der Waals surface area contributed by atoms with Crippen LogP contribution < -0.4 is 5.73 Å². The van der Waals surface area contributed by atoms with E-state index in [9.17, 15) is 9.59 Å². The number of hydrogen-bond donors (Lipinski definition) is 2. The lowest BCUT2D eigenvalue weighted by atomic mass is 9.60. The number of Topliss-reactive ketones (excluding diaryl/α,β-unsaturated/α-hetero) is 1. The number of benzene rings is 1. The van der Waals surface area contributed by atoms with Crippen molar-refractivity contribution in [2.75, 3.05) is 5.73 Å². The van der Waals surface area contributed by atoms with Crippen LogP contribution in [0.2, 0.25) is 0 Å². The number of fused-ring (bicyclic) bond motifs is 2. The first-order chi connectivity index (χ1) is 14.3. The SMILES string of the molecule is CC(=O)C1CCc2c(cc3c(c2N)C(C)(C)CCC3(C)C)C1=CC=CC(C)=CC(=O)O. The highest BCUT2D eigenvalue weighted by Crippen LogP contribution is 2.52. The first kappa shape index (κ1) is 23.1. The van der Waals surface area contributed by atoms with E-state index >= 15 is 0 Å². The molecule has 4 nitrogen and oxygen atoms in total. The topological polar surface area (TPSA) is 80.4 Å². The minimum absolute atomic E-state index is 0.0267. The molecule has 166 valence electrons. The van der Waals surface area contributed by atoms with Crippen molar-refractivity contribution in [1.29, 1.82) is 0 Å². The number of aliphatic carboxylic acids is 1. The van der Waals surface area contributed by atoms with Gasteiger partial charge in [0.25, 0.3) is 0 Å². The monoisotopic (exact) mass is 421 g/mol. The van der Waals surface area contributed by atoms with Gasteiger partial charge in [-0.15, -0.1) is 0 Å². The van der Waals surface area contributed by atoms with Gasteiger partial charge in [0.1, 0.15) is 5.78 Å². The molecule has 0 saturated heterocycles. The van der Waals surface area contributed by atoms with Crippen molar-refractivity contribution in [2.24, 2.45) is 5.92 Å². The van der Waals surface area contributed by atoms with E-state index in [1.165, 1.54) is 17.2 Å². The lowest BCUT2D eigenvalue weighted by Gasteiger charge is -2.44. The van der Waals surface area contributed by atoms with Crippen molar-refractivity contribution in [1.82, 2.24) is 0 Å². The molecule has 4 heteroatoms. The lowest BCUT2D eigenvalue weighted by Crippen LogP contribution is -2.36. The van der Waals surface area contributed by atoms with Crippen molar-refractivity contribution in [3.8, 4) is 0 Å². The van der Waals surface area contributed by atoms with Crippen LogP contribution in [0.4, 0.5) is 5.69 Å². The second-order valence-electron chi connectivity index (χ2n) is 10.4. The third-order valence-corrected chi connectivity index (χ3v) is 7.10. The first-order valence-electron chi connectivity index (χ1n) is 11.1. The maximum absolute atomic E-state index is 12.5. The number of carboxylic acids is 1. The summed E-state index contributed by atoms with van der Waals surface area (Å²) in [7, 11) is 0. The van der Waals surface area contributed by atoms with Crippen molar-refractivity contribution in [3.05, 3.63) is 58.2 Å². The van der Waals surface area contributed by atoms with Gasteiger partial charge in [-0.05, 0) is 83.8 Å². The maximum Gasteiger partial charge on any atom is 0.328 e. The number of hydrogen-bond acceptors (Lipinski definition) is 3. The molecular weight excluding hydrogens is 386 g/mol. The Morgan fingerprint density at radius 2 is 1.77 bits per heavy atom. The third kappa shape index (κ3) is 4.39. The number of ketones is 1. The van der Waals surface area contributed by atoms with Crippen molar-refractivity contribution in [3.63, 3.8) is 0 Å². The second kappa shape index (κ2) is 8.14. The Morgan fingerprint density at radius 3 is 2.39 bits per heavy atom. The number of carbonyl (C=O) groups is 2. The molecule has 0 fully saturated rings. The van der Waals surface area contributed by atoms with Gasteiger partial charge in [-0.1, -0.05) is 52.0 Å². The maximum atomic E-state index is 12.5. The molecule has 2 aliphatic rings. The molecule has 1 atom stereocenters. The number of nitrogens with two attached hydrogens (primary N) is 1. The van der Waals surface area contributed by atoms with Gasteiger partial charge in [0.15, 0.2) is 0 Å². The van der Waals surface area contributed by atoms with E-state index in [1.807, 2.05) is 12.2 Å². The summed E-state index contributed by atoms with van der Waals surface area (Å²) in [5.74, 6) is -0.985. The third-order valence-electron chi connectivity index (χ3n) is 7.10. The van der Waals surface area contributed by atoms with Crippen LogP contribution in [0.25, 0.3) is 5.57 Å². The molecule has 0 bridgehead atoms. The van der Waals surface area contributed by atoms with Crippen molar-refractivity contribution >= 4 is 23.0 Å². The van der Waals surface area contributed by atoms with Crippen LogP contribution in [-0.2, 0) is 26.8 Å². The number of carbonyl (C=O) groups excluding carboxylic acids is 1. The lowest BCUT2D eigenvalue weighted by molar-refractivity contribution is -0.131. The molecule has 0 heterocycles. The summed E-state index contributed by atoms with van der Waals surface area (Å²) in [6, 6.07) is 2.29. The molecule has 2 aliphatic carbocycles. The highest BCUT2D eigenvalue weighted by Gasteiger charge is 2.41. The Morgan fingerprint density at radius 1 is 1.13 bits per heavy atom. The normalized spacial score (nSPS) is 23.5. The van der Waals surface area contributed by atoms with E-state index < -0.39 is 5.97 Å². The summed E-state index contributed by atoms with van der Waals surface area (Å²) in [6.45, 7) is 12.5. The summed E-state index contributed by atoms with van der Waals surface area (Å²) in [5, 5.41) is 8.93. The van der Waals surface area contributed by atoms with Gasteiger partial charge >= 0.3 is 5.97 Å². The van der Waals surface area contributed by atoms with Crippen LogP contribution in [0.15, 0.2) is 35.9 Å². The Labute approximate surface area is 185 Å². The number of nitrogen functional groups attached to an aromatic ring is 1. The van der Waals surface area contributed by atoms with E-state index in [1.54, 1.807) is 19.9 Å². The Balaban J connectivity index is 2.21. The van der Waals surface area contributed by atoms with Crippen LogP contribution in [0.3, 0.4) is 0 Å². The van der Waals surface area contributed by atoms with Crippen molar-refractivity contribution < 1.29 is 14.7 Å². The molecule has 3 N–H and O–H groups in total. The smallest absolute Gasteiger partial charge is 0.328 e. The van der Waals surface area contributed by atoms with Crippen molar-refractivity contribution in [2.45, 2.75) is 78.1 Å². The molecule has 31 heavy (non-hydrogen) atoms. The van der Waals surface area contributed by atoms with Gasteiger partial charge in [-0.3, -0.25) is 4.79 Å². The Hall–Kier alpha value is -2.62. The molecule has 1 aromatic rings. The average Bonchev–Trinajstić information content (AvgIpc) is 2.64. The Bertz CT molecular complexity index is 1020. The van der Waals surface area contributed by atoms with E-state index in [4.69, 9.17) is 10.8 Å². The number of allylic oxidation sites excluding steroid dienone is 5. The standard InChI is InChI=1S/C27H35NO3/c1-16(14-23(30)31)8-7-9-19-18(17(2)29)10-11-20-21(19)15-22-24(25(20)28)27(5,6)13-12-26(22,3)4/h7-9,14-15,18H,10-13,28H2,1-6H3,(H,30,31). The molecule has 1 aromatic carbocycles. The van der Waals surface area contributed by atoms with E-state index in [2.05, 4.69) is 33.8 Å². The zero-order chi connectivity index (χ0) is 23.1. The molecule has 0 aromatic heterocycles. The van der Waals surface area contributed by atoms with E-state index in [-0.39, 0.29) is 22.5 Å². The fourth-order valence-electron chi connectivity index (χ4n) is 5.23. The van der Waals surface area contributed by atoms with Gasteiger partial charge < -0.3 is 10.8 Å². The fraction of sp³-hybridized carbons (Fsp3) is 0.481. The first-order valence-corrected chi connectivity index (χ1v) is 11.1. The van der Waals surface area contributed by atoms with Crippen LogP contribution in [0.5, 0.6) is 0 Å². The average molecular weight is 422 g/mol. The number of rotatable bonds is 4. The highest BCUT2D eigenvalue weighted by molar-refractivity contribution is 5.95. The molecule has 0 amide bonds. The molecule has 0 saturated carbocycles. The van der Waals surface area contributed by atoms with Gasteiger partial charge in [0.2, 0.25) is 0 Å². The minimum Gasteiger partial charge on any atom is -0.478 e. The quantitative estimate of drug-likeness (QED) is 0.369.